The summed E-state index contributed by atoms with van der Waals surface area (Å²) >= 11 is 0. The lowest BCUT2D eigenvalue weighted by atomic mass is 9.92. The summed E-state index contributed by atoms with van der Waals surface area (Å²) in [6, 6.07) is 0. The van der Waals surface area contributed by atoms with Crippen molar-refractivity contribution in [3.8, 4) is 0 Å². The van der Waals surface area contributed by atoms with Gasteiger partial charge in [-0.2, -0.15) is 0 Å². The maximum absolute atomic E-state index is 10.2. The van der Waals surface area contributed by atoms with Gasteiger partial charge in [0.15, 0.2) is 0 Å². The van der Waals surface area contributed by atoms with Crippen LogP contribution in [0, 0.1) is 5.92 Å². The summed E-state index contributed by atoms with van der Waals surface area (Å²) in [4.78, 5) is 10.2. The van der Waals surface area contributed by atoms with Gasteiger partial charge in [0.2, 0.25) is 0 Å². The molecule has 0 N–H and O–H groups in total. The lowest BCUT2D eigenvalue weighted by Crippen LogP contribution is -1.99. The van der Waals surface area contributed by atoms with E-state index in [0.717, 1.165) is 18.6 Å². The van der Waals surface area contributed by atoms with E-state index in [4.69, 9.17) is 0 Å². The van der Waals surface area contributed by atoms with E-state index >= 15 is 0 Å². The smallest absolute Gasteiger partial charge is 0.120 e. The van der Waals surface area contributed by atoms with Gasteiger partial charge in [-0.05, 0) is 38.5 Å². The SMILES string of the molecule is C/C(=C\[C@H]1CC=CCC1)CCC=O. The minimum absolute atomic E-state index is 0.672. The van der Waals surface area contributed by atoms with Crippen LogP contribution in [0.5, 0.6) is 0 Å². The van der Waals surface area contributed by atoms with Crippen molar-refractivity contribution < 1.29 is 4.79 Å². The minimum Gasteiger partial charge on any atom is -0.303 e. The van der Waals surface area contributed by atoms with Gasteiger partial charge in [-0.15, -0.1) is 0 Å². The molecule has 0 unspecified atom stereocenters. The highest BCUT2D eigenvalue weighted by Gasteiger charge is 2.06. The highest BCUT2D eigenvalue weighted by molar-refractivity contribution is 5.49. The Kier molecular flexibility index (Phi) is 4.52. The predicted molar refractivity (Wildman–Crippen MR) is 55.5 cm³/mol. The van der Waals surface area contributed by atoms with Gasteiger partial charge in [-0.1, -0.05) is 23.8 Å². The number of aldehydes is 1. The van der Waals surface area contributed by atoms with Gasteiger partial charge in [0.05, 0.1) is 0 Å². The number of allylic oxidation sites excluding steroid dienone is 4. The number of hydrogen-bond acceptors (Lipinski definition) is 1. The highest BCUT2D eigenvalue weighted by Crippen LogP contribution is 2.21. The summed E-state index contributed by atoms with van der Waals surface area (Å²) in [5, 5.41) is 0. The largest absolute Gasteiger partial charge is 0.303 e. The topological polar surface area (TPSA) is 17.1 Å². The zero-order valence-corrected chi connectivity index (χ0v) is 8.33. The Balaban J connectivity index is 2.34. The van der Waals surface area contributed by atoms with Crippen LogP contribution in [-0.4, -0.2) is 6.29 Å². The maximum atomic E-state index is 10.2. The Morgan fingerprint density at radius 2 is 2.38 bits per heavy atom. The number of carbonyl (C=O) groups excluding carboxylic acids is 1. The van der Waals surface area contributed by atoms with Gasteiger partial charge in [0, 0.05) is 6.42 Å². The van der Waals surface area contributed by atoms with Crippen molar-refractivity contribution in [1.29, 1.82) is 0 Å². The van der Waals surface area contributed by atoms with Gasteiger partial charge in [0.1, 0.15) is 6.29 Å². The summed E-state index contributed by atoms with van der Waals surface area (Å²) in [6.45, 7) is 2.13. The molecule has 1 heteroatoms. The Bertz CT molecular complexity index is 213. The van der Waals surface area contributed by atoms with E-state index < -0.39 is 0 Å². The fourth-order valence-electron chi connectivity index (χ4n) is 1.74. The van der Waals surface area contributed by atoms with Crippen LogP contribution >= 0.6 is 0 Å². The highest BCUT2D eigenvalue weighted by atomic mass is 16.1. The lowest BCUT2D eigenvalue weighted by Gasteiger charge is -2.14. The van der Waals surface area contributed by atoms with Crippen LogP contribution in [0.25, 0.3) is 0 Å². The first-order valence-corrected chi connectivity index (χ1v) is 5.09. The molecule has 0 aromatic heterocycles. The zero-order valence-electron chi connectivity index (χ0n) is 8.33. The molecule has 1 aliphatic carbocycles. The molecule has 1 nitrogen and oxygen atoms in total. The molecule has 0 saturated carbocycles. The zero-order chi connectivity index (χ0) is 9.52. The van der Waals surface area contributed by atoms with Gasteiger partial charge in [0.25, 0.3) is 0 Å². The summed E-state index contributed by atoms with van der Waals surface area (Å²) in [5.41, 5.74) is 1.37. The fourth-order valence-corrected chi connectivity index (χ4v) is 1.74. The maximum Gasteiger partial charge on any atom is 0.120 e. The van der Waals surface area contributed by atoms with Gasteiger partial charge < -0.3 is 4.79 Å². The first-order valence-electron chi connectivity index (χ1n) is 5.09. The molecule has 0 saturated heterocycles. The Labute approximate surface area is 80.5 Å². The summed E-state index contributed by atoms with van der Waals surface area (Å²) < 4.78 is 0. The third-order valence-corrected chi connectivity index (χ3v) is 2.49. The average Bonchev–Trinajstić information content (AvgIpc) is 2.16. The van der Waals surface area contributed by atoms with E-state index in [1.165, 1.54) is 24.8 Å². The molecule has 13 heavy (non-hydrogen) atoms. The van der Waals surface area contributed by atoms with E-state index in [0.29, 0.717) is 6.42 Å². The van der Waals surface area contributed by atoms with Crippen molar-refractivity contribution in [2.75, 3.05) is 0 Å². The van der Waals surface area contributed by atoms with Crippen LogP contribution in [0.3, 0.4) is 0 Å². The second-order valence-electron chi connectivity index (χ2n) is 3.76. The molecular formula is C12H18O. The van der Waals surface area contributed by atoms with Crippen molar-refractivity contribution in [3.05, 3.63) is 23.8 Å². The molecule has 0 radical (unpaired) electrons. The van der Waals surface area contributed by atoms with Crippen LogP contribution < -0.4 is 0 Å². The van der Waals surface area contributed by atoms with Crippen molar-refractivity contribution >= 4 is 6.29 Å². The summed E-state index contributed by atoms with van der Waals surface area (Å²) in [5.74, 6) is 0.719. The van der Waals surface area contributed by atoms with Crippen LogP contribution in [0.1, 0.15) is 39.0 Å². The quantitative estimate of drug-likeness (QED) is 0.477. The third kappa shape index (κ3) is 4.07. The van der Waals surface area contributed by atoms with E-state index in [-0.39, 0.29) is 0 Å². The van der Waals surface area contributed by atoms with Gasteiger partial charge in [-0.3, -0.25) is 0 Å². The van der Waals surface area contributed by atoms with Crippen molar-refractivity contribution in [2.24, 2.45) is 5.92 Å². The molecule has 1 aliphatic rings. The Morgan fingerprint density at radius 1 is 1.54 bits per heavy atom. The minimum atomic E-state index is 0.672. The molecule has 0 spiro atoms. The van der Waals surface area contributed by atoms with Crippen LogP contribution in [0.15, 0.2) is 23.8 Å². The van der Waals surface area contributed by atoms with Crippen molar-refractivity contribution in [1.82, 2.24) is 0 Å². The second kappa shape index (κ2) is 5.74. The van der Waals surface area contributed by atoms with Crippen LogP contribution in [0.4, 0.5) is 0 Å². The molecule has 72 valence electrons. The Morgan fingerprint density at radius 3 is 3.00 bits per heavy atom. The molecule has 1 atom stereocenters. The van der Waals surface area contributed by atoms with Crippen LogP contribution in [0.2, 0.25) is 0 Å². The Hall–Kier alpha value is -0.850. The third-order valence-electron chi connectivity index (χ3n) is 2.49. The van der Waals surface area contributed by atoms with E-state index in [9.17, 15) is 4.79 Å². The van der Waals surface area contributed by atoms with Crippen molar-refractivity contribution in [2.45, 2.75) is 39.0 Å². The molecule has 0 aromatic rings. The molecule has 0 amide bonds. The summed E-state index contributed by atoms with van der Waals surface area (Å²) in [6.07, 6.45) is 13.1. The summed E-state index contributed by atoms with van der Waals surface area (Å²) in [7, 11) is 0. The predicted octanol–water partition coefficient (Wildman–Crippen LogP) is 3.27. The standard InChI is InChI=1S/C12H18O/c1-11(6-5-9-13)10-12-7-3-2-4-8-12/h2-3,9-10,12H,4-8H2,1H3/b11-10+/t12-/m0/s1. The molecular weight excluding hydrogens is 160 g/mol. The van der Waals surface area contributed by atoms with E-state index in [2.05, 4.69) is 25.2 Å². The van der Waals surface area contributed by atoms with Crippen LogP contribution in [-0.2, 0) is 4.79 Å². The molecule has 0 aromatic carbocycles. The molecule has 0 fully saturated rings. The monoisotopic (exact) mass is 178 g/mol. The number of rotatable bonds is 4. The van der Waals surface area contributed by atoms with Gasteiger partial charge in [-0.25, -0.2) is 0 Å². The molecule has 0 aliphatic heterocycles. The average molecular weight is 178 g/mol. The number of carbonyl (C=O) groups is 1. The van der Waals surface area contributed by atoms with E-state index in [1.54, 1.807) is 0 Å². The normalized spacial score (nSPS) is 23.2. The molecule has 0 heterocycles. The first-order chi connectivity index (χ1) is 6.33. The lowest BCUT2D eigenvalue weighted by molar-refractivity contribution is -0.107. The molecule has 0 bridgehead atoms. The molecule has 1 rings (SSSR count). The van der Waals surface area contributed by atoms with Crippen molar-refractivity contribution in [3.63, 3.8) is 0 Å². The fraction of sp³-hybridized carbons (Fsp3) is 0.583. The number of hydrogen-bond donors (Lipinski definition) is 0. The first kappa shape index (κ1) is 10.2. The van der Waals surface area contributed by atoms with Gasteiger partial charge >= 0.3 is 0 Å². The van der Waals surface area contributed by atoms with E-state index in [1.807, 2.05) is 0 Å². The second-order valence-corrected chi connectivity index (χ2v) is 3.76.